The van der Waals surface area contributed by atoms with Gasteiger partial charge in [0.15, 0.2) is 0 Å². The van der Waals surface area contributed by atoms with Crippen LogP contribution in [0.1, 0.15) is 11.1 Å². The number of ether oxygens (including phenoxy) is 2. The van der Waals surface area contributed by atoms with Crippen molar-refractivity contribution in [3.63, 3.8) is 0 Å². The van der Waals surface area contributed by atoms with Crippen molar-refractivity contribution in [1.82, 2.24) is 0 Å². The van der Waals surface area contributed by atoms with E-state index in [1.807, 2.05) is 48.5 Å². The zero-order valence-electron chi connectivity index (χ0n) is 17.4. The molecule has 0 fully saturated rings. The maximum atomic E-state index is 13.5. The predicted molar refractivity (Wildman–Crippen MR) is 121 cm³/mol. The number of amides is 1. The van der Waals surface area contributed by atoms with E-state index in [0.717, 1.165) is 0 Å². The molecule has 1 aliphatic rings. The lowest BCUT2D eigenvalue weighted by Crippen LogP contribution is -2.33. The smallest absolute Gasteiger partial charge is 0.282 e. The lowest BCUT2D eigenvalue weighted by atomic mass is 10.1. The van der Waals surface area contributed by atoms with Gasteiger partial charge in [-0.1, -0.05) is 48.5 Å². The Kier molecular flexibility index (Phi) is 5.67. The van der Waals surface area contributed by atoms with Crippen molar-refractivity contribution in [2.75, 3.05) is 19.1 Å². The number of benzene rings is 3. The van der Waals surface area contributed by atoms with Gasteiger partial charge < -0.3 is 9.47 Å². The molecule has 0 atom stereocenters. The average Bonchev–Trinajstić information content (AvgIpc) is 3.15. The first kappa shape index (κ1) is 20.8. The van der Waals surface area contributed by atoms with E-state index in [1.165, 1.54) is 30.2 Å². The Hall–Kier alpha value is -4.46. The number of aliphatic imine (C=N–C) groups is 1. The molecule has 0 saturated heterocycles. The number of carbonyl (C=O) groups is 1. The zero-order valence-corrected chi connectivity index (χ0v) is 17.4. The predicted octanol–water partition coefficient (Wildman–Crippen LogP) is 4.45. The first-order valence-corrected chi connectivity index (χ1v) is 9.69. The van der Waals surface area contributed by atoms with E-state index in [1.54, 1.807) is 19.3 Å². The monoisotopic (exact) mass is 429 g/mol. The summed E-state index contributed by atoms with van der Waals surface area (Å²) in [5, 5.41) is 11.2. The fourth-order valence-electron chi connectivity index (χ4n) is 3.42. The number of hydrogen-bond acceptors (Lipinski definition) is 6. The number of nitro groups is 1. The molecule has 0 saturated carbocycles. The molecule has 3 aromatic rings. The first-order valence-electron chi connectivity index (χ1n) is 9.69. The molecular formula is C24H19N3O5. The molecule has 32 heavy (non-hydrogen) atoms. The lowest BCUT2D eigenvalue weighted by Gasteiger charge is -2.20. The highest BCUT2D eigenvalue weighted by molar-refractivity contribution is 6.33. The van der Waals surface area contributed by atoms with Crippen molar-refractivity contribution in [1.29, 1.82) is 0 Å². The summed E-state index contributed by atoms with van der Waals surface area (Å²) in [6.45, 7) is 0. The summed E-state index contributed by atoms with van der Waals surface area (Å²) in [6.07, 6.45) is 1.65. The Bertz CT molecular complexity index is 1250. The minimum Gasteiger partial charge on any atom is -0.496 e. The van der Waals surface area contributed by atoms with Gasteiger partial charge in [0.05, 0.1) is 30.9 Å². The highest BCUT2D eigenvalue weighted by Crippen LogP contribution is 2.37. The summed E-state index contributed by atoms with van der Waals surface area (Å²) in [5.74, 6) is 0.802. The van der Waals surface area contributed by atoms with E-state index < -0.39 is 4.92 Å². The second-order valence-corrected chi connectivity index (χ2v) is 6.83. The normalized spacial score (nSPS) is 14.4. The number of methoxy groups -OCH3 is 2. The molecule has 0 N–H and O–H groups in total. The quantitative estimate of drug-likeness (QED) is 0.328. The number of amidine groups is 1. The van der Waals surface area contributed by atoms with Gasteiger partial charge in [-0.2, -0.15) is 0 Å². The van der Waals surface area contributed by atoms with E-state index >= 15 is 0 Å². The van der Waals surface area contributed by atoms with Crippen LogP contribution in [-0.2, 0) is 4.79 Å². The van der Waals surface area contributed by atoms with Gasteiger partial charge in [0.1, 0.15) is 23.0 Å². The first-order chi connectivity index (χ1) is 15.5. The van der Waals surface area contributed by atoms with Crippen molar-refractivity contribution in [3.05, 3.63) is 99.7 Å². The van der Waals surface area contributed by atoms with Crippen LogP contribution in [0.4, 0.5) is 11.4 Å². The van der Waals surface area contributed by atoms with Gasteiger partial charge in [0, 0.05) is 17.2 Å². The van der Waals surface area contributed by atoms with Crippen LogP contribution in [-0.4, -0.2) is 30.9 Å². The van der Waals surface area contributed by atoms with Crippen LogP contribution in [0.25, 0.3) is 6.08 Å². The summed E-state index contributed by atoms with van der Waals surface area (Å²) in [4.78, 5) is 30.2. The van der Waals surface area contributed by atoms with Crippen LogP contribution >= 0.6 is 0 Å². The molecule has 3 aromatic carbocycles. The molecule has 1 heterocycles. The van der Waals surface area contributed by atoms with Crippen molar-refractivity contribution < 1.29 is 19.2 Å². The summed E-state index contributed by atoms with van der Waals surface area (Å²) >= 11 is 0. The zero-order chi connectivity index (χ0) is 22.7. The summed E-state index contributed by atoms with van der Waals surface area (Å²) in [6, 6.07) is 20.6. The fraction of sp³-hybridized carbons (Fsp3) is 0.0833. The third-order valence-corrected chi connectivity index (χ3v) is 4.94. The van der Waals surface area contributed by atoms with Gasteiger partial charge >= 0.3 is 0 Å². The van der Waals surface area contributed by atoms with Gasteiger partial charge in [0.2, 0.25) is 0 Å². The second-order valence-electron chi connectivity index (χ2n) is 6.83. The largest absolute Gasteiger partial charge is 0.496 e. The van der Waals surface area contributed by atoms with Gasteiger partial charge in [0.25, 0.3) is 11.6 Å². The number of non-ortho nitro benzene ring substituents is 1. The standard InChI is InChI=1S/C24H19N3O5/c1-31-21-11-7-6-10-17(21)14-19-24(28)26(23(25-19)16-8-4-3-5-9-16)20-13-12-18(27(29)30)15-22(20)32-2/h3-15H,1-2H3/b19-14-. The Morgan fingerprint density at radius 2 is 1.62 bits per heavy atom. The van der Waals surface area contributed by atoms with Crippen LogP contribution in [0.2, 0.25) is 0 Å². The summed E-state index contributed by atoms with van der Waals surface area (Å²) in [5.41, 5.74) is 1.83. The molecule has 1 aliphatic heterocycles. The fourth-order valence-corrected chi connectivity index (χ4v) is 3.42. The Balaban J connectivity index is 1.87. The van der Waals surface area contributed by atoms with Crippen LogP contribution < -0.4 is 14.4 Å². The summed E-state index contributed by atoms with van der Waals surface area (Å²) < 4.78 is 10.8. The number of carbonyl (C=O) groups excluding carboxylic acids is 1. The van der Waals surface area contributed by atoms with Gasteiger partial charge in [-0.3, -0.25) is 19.8 Å². The van der Waals surface area contributed by atoms with Crippen molar-refractivity contribution in [2.45, 2.75) is 0 Å². The molecule has 4 rings (SSSR count). The van der Waals surface area contributed by atoms with Gasteiger partial charge in [-0.25, -0.2) is 4.99 Å². The highest BCUT2D eigenvalue weighted by Gasteiger charge is 2.35. The van der Waals surface area contributed by atoms with Gasteiger partial charge in [-0.15, -0.1) is 0 Å². The molecule has 0 unspecified atom stereocenters. The van der Waals surface area contributed by atoms with E-state index in [-0.39, 0.29) is 23.0 Å². The van der Waals surface area contributed by atoms with Crippen LogP contribution in [0.15, 0.2) is 83.5 Å². The van der Waals surface area contributed by atoms with Crippen molar-refractivity contribution in [3.8, 4) is 11.5 Å². The molecule has 0 bridgehead atoms. The third kappa shape index (κ3) is 3.81. The average molecular weight is 429 g/mol. The van der Waals surface area contributed by atoms with E-state index in [9.17, 15) is 14.9 Å². The molecule has 0 spiro atoms. The SMILES string of the molecule is COc1ccccc1/C=C1\N=C(c2ccccc2)N(c2ccc([N+](=O)[O-])cc2OC)C1=O. The lowest BCUT2D eigenvalue weighted by molar-refractivity contribution is -0.384. The topological polar surface area (TPSA) is 94.3 Å². The molecule has 8 nitrogen and oxygen atoms in total. The molecule has 160 valence electrons. The number of para-hydroxylation sites is 1. The van der Waals surface area contributed by atoms with E-state index in [2.05, 4.69) is 4.99 Å². The van der Waals surface area contributed by atoms with Gasteiger partial charge in [-0.05, 0) is 18.2 Å². The molecule has 0 aromatic heterocycles. The molecular weight excluding hydrogens is 410 g/mol. The van der Waals surface area contributed by atoms with E-state index in [0.29, 0.717) is 28.4 Å². The summed E-state index contributed by atoms with van der Waals surface area (Å²) in [7, 11) is 2.95. The van der Waals surface area contributed by atoms with E-state index in [4.69, 9.17) is 9.47 Å². The van der Waals surface area contributed by atoms with Crippen LogP contribution in [0.3, 0.4) is 0 Å². The Morgan fingerprint density at radius 1 is 0.938 bits per heavy atom. The maximum absolute atomic E-state index is 13.5. The number of hydrogen-bond donors (Lipinski definition) is 0. The molecule has 1 amide bonds. The number of anilines is 1. The molecule has 0 radical (unpaired) electrons. The number of nitrogens with zero attached hydrogens (tertiary/aromatic N) is 3. The molecule has 8 heteroatoms. The Morgan fingerprint density at radius 3 is 2.31 bits per heavy atom. The van der Waals surface area contributed by atoms with Crippen molar-refractivity contribution in [2.24, 2.45) is 4.99 Å². The minimum absolute atomic E-state index is 0.139. The van der Waals surface area contributed by atoms with Crippen LogP contribution in [0.5, 0.6) is 11.5 Å². The second kappa shape index (κ2) is 8.73. The Labute approximate surface area is 184 Å². The maximum Gasteiger partial charge on any atom is 0.282 e. The molecule has 0 aliphatic carbocycles. The highest BCUT2D eigenvalue weighted by atomic mass is 16.6. The third-order valence-electron chi connectivity index (χ3n) is 4.94. The number of nitro benzene ring substituents is 1. The van der Waals surface area contributed by atoms with Crippen LogP contribution in [0, 0.1) is 10.1 Å². The minimum atomic E-state index is -0.517. The number of rotatable bonds is 6. The van der Waals surface area contributed by atoms with Crippen molar-refractivity contribution >= 4 is 29.2 Å².